The lowest BCUT2D eigenvalue weighted by atomic mass is 10.00. The van der Waals surface area contributed by atoms with E-state index < -0.39 is 0 Å². The van der Waals surface area contributed by atoms with Crippen LogP contribution in [0, 0.1) is 0 Å². The van der Waals surface area contributed by atoms with E-state index >= 15 is 0 Å². The number of aryl methyl sites for hydroxylation is 1. The van der Waals surface area contributed by atoms with Crippen molar-refractivity contribution in [1.82, 2.24) is 9.88 Å². The zero-order chi connectivity index (χ0) is 13.4. The van der Waals surface area contributed by atoms with Gasteiger partial charge in [0, 0.05) is 42.8 Å². The SMILES string of the molecule is CCCC(N)c1cn(CC)c2cc3c(cc12)CNC3. The smallest absolute Gasteiger partial charge is 0.0487 e. The number of nitrogens with two attached hydrogens (primary N) is 1. The first-order valence-electron chi connectivity index (χ1n) is 7.35. The van der Waals surface area contributed by atoms with Gasteiger partial charge in [-0.15, -0.1) is 0 Å². The van der Waals surface area contributed by atoms with E-state index in [1.165, 1.54) is 27.6 Å². The Labute approximate surface area is 114 Å². The van der Waals surface area contributed by atoms with Crippen LogP contribution in [0.25, 0.3) is 10.9 Å². The van der Waals surface area contributed by atoms with E-state index in [0.29, 0.717) is 0 Å². The standard InChI is InChI=1S/C16H23N3/c1-3-5-15(17)14-10-19(4-2)16-7-12-9-18-8-11(12)6-13(14)16/h6-7,10,15,18H,3-5,8-9,17H2,1-2H3. The van der Waals surface area contributed by atoms with Crippen LogP contribution >= 0.6 is 0 Å². The highest BCUT2D eigenvalue weighted by Crippen LogP contribution is 2.31. The fourth-order valence-electron chi connectivity index (χ4n) is 3.14. The molecule has 0 spiro atoms. The summed E-state index contributed by atoms with van der Waals surface area (Å²) in [6.07, 6.45) is 4.44. The maximum atomic E-state index is 6.36. The minimum Gasteiger partial charge on any atom is -0.347 e. The third kappa shape index (κ3) is 2.07. The van der Waals surface area contributed by atoms with Crippen LogP contribution in [0.3, 0.4) is 0 Å². The molecule has 19 heavy (non-hydrogen) atoms. The molecule has 0 saturated carbocycles. The van der Waals surface area contributed by atoms with Gasteiger partial charge in [-0.25, -0.2) is 0 Å². The molecule has 1 aliphatic heterocycles. The van der Waals surface area contributed by atoms with Crippen molar-refractivity contribution in [3.63, 3.8) is 0 Å². The molecule has 0 amide bonds. The Morgan fingerprint density at radius 1 is 1.26 bits per heavy atom. The summed E-state index contributed by atoms with van der Waals surface area (Å²) >= 11 is 0. The molecule has 3 rings (SSSR count). The van der Waals surface area contributed by atoms with Gasteiger partial charge in [-0.3, -0.25) is 0 Å². The van der Waals surface area contributed by atoms with Crippen LogP contribution in [-0.2, 0) is 19.6 Å². The van der Waals surface area contributed by atoms with E-state index in [4.69, 9.17) is 5.73 Å². The monoisotopic (exact) mass is 257 g/mol. The van der Waals surface area contributed by atoms with Gasteiger partial charge in [-0.05, 0) is 42.2 Å². The van der Waals surface area contributed by atoms with E-state index in [9.17, 15) is 0 Å². The van der Waals surface area contributed by atoms with Crippen LogP contribution < -0.4 is 11.1 Å². The average Bonchev–Trinajstić information content (AvgIpc) is 2.99. The Morgan fingerprint density at radius 3 is 2.68 bits per heavy atom. The van der Waals surface area contributed by atoms with Gasteiger partial charge in [-0.1, -0.05) is 13.3 Å². The number of hydrogen-bond donors (Lipinski definition) is 2. The summed E-state index contributed by atoms with van der Waals surface area (Å²) in [5.74, 6) is 0. The molecule has 102 valence electrons. The first-order valence-corrected chi connectivity index (χ1v) is 7.35. The maximum Gasteiger partial charge on any atom is 0.0487 e. The minimum absolute atomic E-state index is 0.160. The van der Waals surface area contributed by atoms with E-state index in [1.54, 1.807) is 0 Å². The fraction of sp³-hybridized carbons (Fsp3) is 0.500. The lowest BCUT2D eigenvalue weighted by Gasteiger charge is -2.09. The number of nitrogens with zero attached hydrogens (tertiary/aromatic N) is 1. The second-order valence-corrected chi connectivity index (χ2v) is 5.51. The Hall–Kier alpha value is -1.32. The molecule has 1 aromatic heterocycles. The summed E-state index contributed by atoms with van der Waals surface area (Å²) in [6.45, 7) is 7.38. The predicted molar refractivity (Wildman–Crippen MR) is 80.0 cm³/mol. The third-order valence-electron chi connectivity index (χ3n) is 4.20. The first-order chi connectivity index (χ1) is 9.24. The summed E-state index contributed by atoms with van der Waals surface area (Å²) in [7, 11) is 0. The molecule has 2 heterocycles. The Morgan fingerprint density at radius 2 is 2.00 bits per heavy atom. The van der Waals surface area contributed by atoms with Gasteiger partial charge in [0.1, 0.15) is 0 Å². The van der Waals surface area contributed by atoms with Crippen LogP contribution in [0.15, 0.2) is 18.3 Å². The molecule has 1 aliphatic rings. The van der Waals surface area contributed by atoms with Crippen LogP contribution in [0.4, 0.5) is 0 Å². The molecule has 0 fully saturated rings. The Balaban J connectivity index is 2.17. The molecule has 3 N–H and O–H groups in total. The highest BCUT2D eigenvalue weighted by molar-refractivity contribution is 5.86. The summed E-state index contributed by atoms with van der Waals surface area (Å²) < 4.78 is 2.33. The van der Waals surface area contributed by atoms with Crippen molar-refractivity contribution in [2.45, 2.75) is 52.4 Å². The molecule has 0 radical (unpaired) electrons. The maximum absolute atomic E-state index is 6.36. The van der Waals surface area contributed by atoms with Crippen molar-refractivity contribution < 1.29 is 0 Å². The molecule has 3 nitrogen and oxygen atoms in total. The zero-order valence-corrected chi connectivity index (χ0v) is 11.9. The van der Waals surface area contributed by atoms with E-state index in [2.05, 4.69) is 42.1 Å². The highest BCUT2D eigenvalue weighted by Gasteiger charge is 2.18. The van der Waals surface area contributed by atoms with Gasteiger partial charge in [0.05, 0.1) is 0 Å². The van der Waals surface area contributed by atoms with Crippen molar-refractivity contribution >= 4 is 10.9 Å². The minimum atomic E-state index is 0.160. The van der Waals surface area contributed by atoms with Gasteiger partial charge in [-0.2, -0.15) is 0 Å². The largest absolute Gasteiger partial charge is 0.347 e. The van der Waals surface area contributed by atoms with E-state index in [-0.39, 0.29) is 6.04 Å². The van der Waals surface area contributed by atoms with Gasteiger partial charge in [0.2, 0.25) is 0 Å². The highest BCUT2D eigenvalue weighted by atomic mass is 15.0. The normalized spacial score (nSPS) is 15.9. The van der Waals surface area contributed by atoms with Gasteiger partial charge >= 0.3 is 0 Å². The second-order valence-electron chi connectivity index (χ2n) is 5.51. The fourth-order valence-corrected chi connectivity index (χ4v) is 3.14. The number of aromatic nitrogens is 1. The van der Waals surface area contributed by atoms with Crippen molar-refractivity contribution in [2.24, 2.45) is 5.73 Å². The first kappa shape index (κ1) is 12.7. The van der Waals surface area contributed by atoms with E-state index in [1.807, 2.05) is 0 Å². The topological polar surface area (TPSA) is 43.0 Å². The molecule has 0 saturated heterocycles. The number of rotatable bonds is 4. The van der Waals surface area contributed by atoms with Crippen LogP contribution in [0.5, 0.6) is 0 Å². The van der Waals surface area contributed by atoms with Crippen molar-refractivity contribution in [1.29, 1.82) is 0 Å². The van der Waals surface area contributed by atoms with Gasteiger partial charge < -0.3 is 15.6 Å². The molecule has 2 aromatic rings. The zero-order valence-electron chi connectivity index (χ0n) is 11.9. The molecule has 0 bridgehead atoms. The van der Waals surface area contributed by atoms with E-state index in [0.717, 1.165) is 32.5 Å². The summed E-state index contributed by atoms with van der Waals surface area (Å²) in [5.41, 5.74) is 11.9. The molecular formula is C16H23N3. The number of nitrogens with one attached hydrogen (secondary N) is 1. The van der Waals surface area contributed by atoms with Crippen LogP contribution in [-0.4, -0.2) is 4.57 Å². The quantitative estimate of drug-likeness (QED) is 0.884. The predicted octanol–water partition coefficient (Wildman–Crippen LogP) is 3.06. The van der Waals surface area contributed by atoms with Crippen LogP contribution in [0.2, 0.25) is 0 Å². The lowest BCUT2D eigenvalue weighted by Crippen LogP contribution is -2.09. The Bertz CT molecular complexity index is 598. The molecule has 1 atom stereocenters. The van der Waals surface area contributed by atoms with Crippen molar-refractivity contribution in [3.05, 3.63) is 35.0 Å². The lowest BCUT2D eigenvalue weighted by molar-refractivity contribution is 0.638. The molecule has 1 unspecified atom stereocenters. The van der Waals surface area contributed by atoms with Gasteiger partial charge in [0.25, 0.3) is 0 Å². The number of benzene rings is 1. The third-order valence-corrected chi connectivity index (χ3v) is 4.20. The summed E-state index contributed by atoms with van der Waals surface area (Å²) in [5, 5.41) is 4.78. The average molecular weight is 257 g/mol. The van der Waals surface area contributed by atoms with Crippen molar-refractivity contribution in [2.75, 3.05) is 0 Å². The molecule has 0 aliphatic carbocycles. The summed E-state index contributed by atoms with van der Waals surface area (Å²) in [6, 6.07) is 4.85. The van der Waals surface area contributed by atoms with Crippen LogP contribution in [0.1, 0.15) is 49.4 Å². The van der Waals surface area contributed by atoms with Gasteiger partial charge in [0.15, 0.2) is 0 Å². The Kier molecular flexibility index (Phi) is 3.33. The second kappa shape index (κ2) is 4.99. The van der Waals surface area contributed by atoms with Crippen molar-refractivity contribution in [3.8, 4) is 0 Å². The number of hydrogen-bond acceptors (Lipinski definition) is 2. The molecule has 1 aromatic carbocycles. The molecular weight excluding hydrogens is 234 g/mol. The molecule has 3 heteroatoms. The number of fused-ring (bicyclic) bond motifs is 2. The summed E-state index contributed by atoms with van der Waals surface area (Å²) in [4.78, 5) is 0.